The lowest BCUT2D eigenvalue weighted by atomic mass is 10.1. The van der Waals surface area contributed by atoms with Crippen LogP contribution in [0.3, 0.4) is 0 Å². The zero-order valence-electron chi connectivity index (χ0n) is 11.4. The summed E-state index contributed by atoms with van der Waals surface area (Å²) in [5, 5.41) is 9.71. The molecule has 0 spiro atoms. The van der Waals surface area contributed by atoms with Crippen molar-refractivity contribution in [1.29, 1.82) is 0 Å². The van der Waals surface area contributed by atoms with Crippen LogP contribution < -0.4 is 10.6 Å². The van der Waals surface area contributed by atoms with Gasteiger partial charge in [-0.05, 0) is 32.4 Å². The highest BCUT2D eigenvalue weighted by Crippen LogP contribution is 2.16. The van der Waals surface area contributed by atoms with Gasteiger partial charge >= 0.3 is 6.03 Å². The number of aromatic nitrogens is 2. The second-order valence-electron chi connectivity index (χ2n) is 4.45. The van der Waals surface area contributed by atoms with Crippen LogP contribution in [-0.2, 0) is 6.54 Å². The van der Waals surface area contributed by atoms with Crippen LogP contribution in [0.5, 0.6) is 0 Å². The van der Waals surface area contributed by atoms with Gasteiger partial charge in [-0.1, -0.05) is 17.7 Å². The van der Waals surface area contributed by atoms with Gasteiger partial charge < -0.3 is 5.32 Å². The van der Waals surface area contributed by atoms with Gasteiger partial charge in [-0.2, -0.15) is 5.10 Å². The maximum Gasteiger partial charge on any atom is 0.324 e. The minimum Gasteiger partial charge on any atom is -0.307 e. The van der Waals surface area contributed by atoms with Gasteiger partial charge in [0.05, 0.1) is 0 Å². The van der Waals surface area contributed by atoms with Crippen molar-refractivity contribution < 1.29 is 4.79 Å². The molecule has 2 aromatic rings. The highest BCUT2D eigenvalue weighted by molar-refractivity contribution is 5.99. The van der Waals surface area contributed by atoms with Crippen LogP contribution in [-0.4, -0.2) is 15.8 Å². The quantitative estimate of drug-likeness (QED) is 0.888. The summed E-state index contributed by atoms with van der Waals surface area (Å²) in [6.45, 7) is 6.76. The Bertz CT molecular complexity index is 589. The molecule has 0 radical (unpaired) electrons. The Kier molecular flexibility index (Phi) is 3.85. The van der Waals surface area contributed by atoms with E-state index in [4.69, 9.17) is 0 Å². The summed E-state index contributed by atoms with van der Waals surface area (Å²) in [4.78, 5) is 11.8. The van der Waals surface area contributed by atoms with Crippen molar-refractivity contribution in [2.45, 2.75) is 27.3 Å². The highest BCUT2D eigenvalue weighted by Gasteiger charge is 2.06. The van der Waals surface area contributed by atoms with E-state index in [-0.39, 0.29) is 6.03 Å². The molecular weight excluding hydrogens is 240 g/mol. The molecule has 1 heterocycles. The van der Waals surface area contributed by atoms with Crippen molar-refractivity contribution in [3.8, 4) is 0 Å². The molecule has 5 heteroatoms. The average Bonchev–Trinajstić information content (AvgIpc) is 2.80. The molecule has 0 bridgehead atoms. The van der Waals surface area contributed by atoms with Crippen LogP contribution in [0.25, 0.3) is 0 Å². The van der Waals surface area contributed by atoms with Crippen molar-refractivity contribution in [1.82, 2.24) is 9.78 Å². The lowest BCUT2D eigenvalue weighted by Gasteiger charge is -2.09. The number of anilines is 2. The number of carbonyl (C=O) groups is 1. The van der Waals surface area contributed by atoms with Crippen molar-refractivity contribution in [3.05, 3.63) is 41.6 Å². The number of nitrogens with zero attached hydrogens (tertiary/aromatic N) is 2. The van der Waals surface area contributed by atoms with Crippen LogP contribution in [0.15, 0.2) is 30.5 Å². The average molecular weight is 258 g/mol. The molecule has 5 nitrogen and oxygen atoms in total. The van der Waals surface area contributed by atoms with E-state index in [1.807, 2.05) is 45.2 Å². The van der Waals surface area contributed by atoms with Crippen LogP contribution in [0.1, 0.15) is 18.1 Å². The third-order valence-electron chi connectivity index (χ3n) is 2.84. The molecule has 0 aliphatic carbocycles. The Hall–Kier alpha value is -2.30. The molecule has 100 valence electrons. The van der Waals surface area contributed by atoms with Crippen molar-refractivity contribution in [2.24, 2.45) is 0 Å². The fourth-order valence-electron chi connectivity index (χ4n) is 1.83. The molecular formula is C14H18N4O. The van der Waals surface area contributed by atoms with E-state index < -0.39 is 0 Å². The molecule has 0 fully saturated rings. The topological polar surface area (TPSA) is 59.0 Å². The summed E-state index contributed by atoms with van der Waals surface area (Å²) in [5.74, 6) is 0.545. The smallest absolute Gasteiger partial charge is 0.307 e. The number of hydrogen-bond acceptors (Lipinski definition) is 2. The number of nitrogens with one attached hydrogen (secondary N) is 2. The number of hydrogen-bond donors (Lipinski definition) is 2. The third kappa shape index (κ3) is 3.34. The van der Waals surface area contributed by atoms with Gasteiger partial charge in [0, 0.05) is 24.5 Å². The Morgan fingerprint density at radius 1 is 1.26 bits per heavy atom. The van der Waals surface area contributed by atoms with Crippen molar-refractivity contribution in [2.75, 3.05) is 10.6 Å². The monoisotopic (exact) mass is 258 g/mol. The molecule has 0 unspecified atom stereocenters. The number of benzene rings is 1. The predicted molar refractivity (Wildman–Crippen MR) is 76.5 cm³/mol. The van der Waals surface area contributed by atoms with Gasteiger partial charge in [0.15, 0.2) is 5.82 Å². The Balaban J connectivity index is 2.01. The molecule has 2 N–H and O–H groups in total. The number of urea groups is 1. The van der Waals surface area contributed by atoms with Crippen LogP contribution >= 0.6 is 0 Å². The lowest BCUT2D eigenvalue weighted by Crippen LogP contribution is -2.20. The molecule has 1 aromatic heterocycles. The zero-order chi connectivity index (χ0) is 13.8. The number of carbonyl (C=O) groups excluding carboxylic acids is 1. The van der Waals surface area contributed by atoms with Gasteiger partial charge in [0.25, 0.3) is 0 Å². The molecule has 2 amide bonds. The number of amides is 2. The molecule has 19 heavy (non-hydrogen) atoms. The SMILES string of the molecule is CCn1ccc(NC(=O)Nc2ccc(C)cc2C)n1. The van der Waals surface area contributed by atoms with E-state index in [1.54, 1.807) is 10.7 Å². The van der Waals surface area contributed by atoms with E-state index in [0.717, 1.165) is 17.8 Å². The molecule has 0 aliphatic heterocycles. The van der Waals surface area contributed by atoms with Gasteiger partial charge in [-0.3, -0.25) is 10.00 Å². The summed E-state index contributed by atoms with van der Waals surface area (Å²) in [6.07, 6.45) is 1.83. The minimum absolute atomic E-state index is 0.284. The minimum atomic E-state index is -0.284. The van der Waals surface area contributed by atoms with Crippen molar-refractivity contribution in [3.63, 3.8) is 0 Å². The van der Waals surface area contributed by atoms with Gasteiger partial charge in [-0.15, -0.1) is 0 Å². The zero-order valence-corrected chi connectivity index (χ0v) is 11.4. The lowest BCUT2D eigenvalue weighted by molar-refractivity contribution is 0.262. The Morgan fingerprint density at radius 2 is 2.05 bits per heavy atom. The van der Waals surface area contributed by atoms with Gasteiger partial charge in [-0.25, -0.2) is 4.79 Å². The van der Waals surface area contributed by atoms with E-state index in [2.05, 4.69) is 15.7 Å². The third-order valence-corrected chi connectivity index (χ3v) is 2.84. The fraction of sp³-hybridized carbons (Fsp3) is 0.286. The molecule has 0 saturated heterocycles. The molecule has 1 aromatic carbocycles. The first-order valence-corrected chi connectivity index (χ1v) is 6.27. The van der Waals surface area contributed by atoms with Crippen molar-refractivity contribution >= 4 is 17.5 Å². The second kappa shape index (κ2) is 5.56. The molecule has 2 rings (SSSR count). The van der Waals surface area contributed by atoms with E-state index in [9.17, 15) is 4.79 Å². The molecule has 0 saturated carbocycles. The summed E-state index contributed by atoms with van der Waals surface area (Å²) >= 11 is 0. The predicted octanol–water partition coefficient (Wildman–Crippen LogP) is 3.16. The molecule has 0 aliphatic rings. The van der Waals surface area contributed by atoms with E-state index >= 15 is 0 Å². The first kappa shape index (κ1) is 13.1. The van der Waals surface area contributed by atoms with Gasteiger partial charge in [0.1, 0.15) is 0 Å². The maximum absolute atomic E-state index is 11.8. The summed E-state index contributed by atoms with van der Waals surface area (Å²) in [7, 11) is 0. The Labute approximate surface area is 112 Å². The summed E-state index contributed by atoms with van der Waals surface area (Å²) in [6, 6.07) is 7.38. The molecule has 0 atom stereocenters. The number of aryl methyl sites for hydroxylation is 3. The Morgan fingerprint density at radius 3 is 2.68 bits per heavy atom. The largest absolute Gasteiger partial charge is 0.324 e. The summed E-state index contributed by atoms with van der Waals surface area (Å²) < 4.78 is 1.76. The van der Waals surface area contributed by atoms with Gasteiger partial charge in [0.2, 0.25) is 0 Å². The first-order chi connectivity index (χ1) is 9.08. The standard InChI is InChI=1S/C14H18N4O/c1-4-18-8-7-13(17-18)16-14(19)15-12-6-5-10(2)9-11(12)3/h5-9H,4H2,1-3H3,(H2,15,16,17,19). The maximum atomic E-state index is 11.8. The fourth-order valence-corrected chi connectivity index (χ4v) is 1.83. The van der Waals surface area contributed by atoms with Crippen LogP contribution in [0, 0.1) is 13.8 Å². The first-order valence-electron chi connectivity index (χ1n) is 6.27. The number of rotatable bonds is 3. The van der Waals surface area contributed by atoms with Crippen LogP contribution in [0.4, 0.5) is 16.3 Å². The summed E-state index contributed by atoms with van der Waals surface area (Å²) in [5.41, 5.74) is 3.01. The van der Waals surface area contributed by atoms with E-state index in [0.29, 0.717) is 5.82 Å². The van der Waals surface area contributed by atoms with E-state index in [1.165, 1.54) is 5.56 Å². The normalized spacial score (nSPS) is 10.3. The second-order valence-corrected chi connectivity index (χ2v) is 4.45. The van der Waals surface area contributed by atoms with Crippen LogP contribution in [0.2, 0.25) is 0 Å². The highest BCUT2D eigenvalue weighted by atomic mass is 16.2.